The first-order valence-electron chi connectivity index (χ1n) is 6.28. The molecule has 0 aromatic heterocycles. The Hall–Kier alpha value is -1.26. The Kier molecular flexibility index (Phi) is 4.25. The van der Waals surface area contributed by atoms with Crippen LogP contribution < -0.4 is 11.1 Å². The smallest absolute Gasteiger partial charge is 0.325 e. The molecule has 0 aromatic carbocycles. The van der Waals surface area contributed by atoms with Crippen molar-refractivity contribution in [3.05, 3.63) is 0 Å². The fraction of sp³-hybridized carbons (Fsp3) is 0.818. The van der Waals surface area contributed by atoms with Crippen LogP contribution in [0.4, 0.5) is 0 Å². The first kappa shape index (κ1) is 15.1. The van der Waals surface area contributed by atoms with Crippen LogP contribution in [0.3, 0.4) is 0 Å². The SMILES string of the molecule is NC(=O)CC[C@@H]1NCC2(OC[C@@H](O)[C@@H](O)[C@@H]2O)OC1=O. The molecule has 0 saturated carbocycles. The highest BCUT2D eigenvalue weighted by atomic mass is 16.7. The van der Waals surface area contributed by atoms with Gasteiger partial charge < -0.3 is 30.5 Å². The minimum Gasteiger partial charge on any atom is -0.427 e. The number of nitrogens with one attached hydrogen (secondary N) is 1. The van der Waals surface area contributed by atoms with E-state index in [2.05, 4.69) is 5.32 Å². The number of esters is 1. The van der Waals surface area contributed by atoms with Crippen LogP contribution in [0.25, 0.3) is 0 Å². The van der Waals surface area contributed by atoms with Crippen LogP contribution >= 0.6 is 0 Å². The van der Waals surface area contributed by atoms with Gasteiger partial charge in [0.25, 0.3) is 5.79 Å². The molecule has 5 atom stereocenters. The van der Waals surface area contributed by atoms with Crippen molar-refractivity contribution in [1.82, 2.24) is 5.32 Å². The van der Waals surface area contributed by atoms with Crippen LogP contribution in [0, 0.1) is 0 Å². The molecule has 1 amide bonds. The summed E-state index contributed by atoms with van der Waals surface area (Å²) < 4.78 is 10.3. The largest absolute Gasteiger partial charge is 0.427 e. The van der Waals surface area contributed by atoms with E-state index in [1.54, 1.807) is 0 Å². The van der Waals surface area contributed by atoms with Crippen molar-refractivity contribution in [2.75, 3.05) is 13.2 Å². The van der Waals surface area contributed by atoms with Crippen LogP contribution in [0.2, 0.25) is 0 Å². The monoisotopic (exact) mass is 290 g/mol. The van der Waals surface area contributed by atoms with Gasteiger partial charge in [0.2, 0.25) is 5.91 Å². The highest BCUT2D eigenvalue weighted by Gasteiger charge is 2.55. The summed E-state index contributed by atoms with van der Waals surface area (Å²) in [5, 5.41) is 31.7. The third-order valence-corrected chi connectivity index (χ3v) is 3.50. The molecule has 9 heteroatoms. The van der Waals surface area contributed by atoms with Gasteiger partial charge in [0.1, 0.15) is 24.4 Å². The van der Waals surface area contributed by atoms with E-state index in [0.29, 0.717) is 0 Å². The Labute approximate surface area is 114 Å². The zero-order valence-electron chi connectivity index (χ0n) is 10.7. The van der Waals surface area contributed by atoms with E-state index in [1.165, 1.54) is 0 Å². The second kappa shape index (κ2) is 5.62. The van der Waals surface area contributed by atoms with Gasteiger partial charge in [0, 0.05) is 6.42 Å². The third-order valence-electron chi connectivity index (χ3n) is 3.50. The van der Waals surface area contributed by atoms with Crippen molar-refractivity contribution >= 4 is 11.9 Å². The Balaban J connectivity index is 2.01. The van der Waals surface area contributed by atoms with Crippen molar-refractivity contribution < 1.29 is 34.4 Å². The van der Waals surface area contributed by atoms with Crippen LogP contribution in [0.5, 0.6) is 0 Å². The van der Waals surface area contributed by atoms with Crippen LogP contribution in [0.15, 0.2) is 0 Å². The quantitative estimate of drug-likeness (QED) is 0.337. The van der Waals surface area contributed by atoms with Crippen molar-refractivity contribution in [2.45, 2.75) is 43.0 Å². The van der Waals surface area contributed by atoms with E-state index < -0.39 is 42.0 Å². The second-order valence-electron chi connectivity index (χ2n) is 4.99. The maximum absolute atomic E-state index is 11.8. The third kappa shape index (κ3) is 2.76. The predicted molar refractivity (Wildman–Crippen MR) is 63.0 cm³/mol. The Morgan fingerprint density at radius 1 is 1.45 bits per heavy atom. The molecule has 2 saturated heterocycles. The number of carbonyl (C=O) groups excluding carboxylic acids is 2. The van der Waals surface area contributed by atoms with E-state index in [9.17, 15) is 24.9 Å². The van der Waals surface area contributed by atoms with Gasteiger partial charge in [-0.2, -0.15) is 0 Å². The van der Waals surface area contributed by atoms with E-state index >= 15 is 0 Å². The number of rotatable bonds is 3. The first-order chi connectivity index (χ1) is 9.35. The number of hydrogen-bond acceptors (Lipinski definition) is 8. The summed E-state index contributed by atoms with van der Waals surface area (Å²) in [6.07, 6.45) is -4.10. The fourth-order valence-corrected chi connectivity index (χ4v) is 2.26. The van der Waals surface area contributed by atoms with Crippen LogP contribution in [-0.2, 0) is 19.1 Å². The van der Waals surface area contributed by atoms with Gasteiger partial charge >= 0.3 is 5.97 Å². The highest BCUT2D eigenvalue weighted by molar-refractivity contribution is 5.79. The summed E-state index contributed by atoms with van der Waals surface area (Å²) in [5.74, 6) is -2.97. The average molecular weight is 290 g/mol. The van der Waals surface area contributed by atoms with Crippen molar-refractivity contribution in [3.63, 3.8) is 0 Å². The summed E-state index contributed by atoms with van der Waals surface area (Å²) in [5.41, 5.74) is 5.00. The van der Waals surface area contributed by atoms with Gasteiger partial charge in [-0.15, -0.1) is 0 Å². The van der Waals surface area contributed by atoms with Crippen LogP contribution in [-0.4, -0.2) is 70.5 Å². The lowest BCUT2D eigenvalue weighted by Crippen LogP contribution is -2.70. The summed E-state index contributed by atoms with van der Waals surface area (Å²) in [7, 11) is 0. The number of ether oxygens (including phenoxy) is 2. The molecular formula is C11H18N2O7. The molecule has 1 unspecified atom stereocenters. The number of aliphatic hydroxyl groups is 3. The minimum atomic E-state index is -1.72. The lowest BCUT2D eigenvalue weighted by atomic mass is 9.94. The number of morpholine rings is 1. The number of carbonyl (C=O) groups is 2. The minimum absolute atomic E-state index is 0.0184. The molecule has 0 bridgehead atoms. The summed E-state index contributed by atoms with van der Waals surface area (Å²) in [6, 6.07) is -0.729. The molecule has 20 heavy (non-hydrogen) atoms. The second-order valence-corrected chi connectivity index (χ2v) is 4.99. The Morgan fingerprint density at radius 2 is 2.15 bits per heavy atom. The number of aliphatic hydroxyl groups excluding tert-OH is 3. The number of hydrogen-bond donors (Lipinski definition) is 5. The Morgan fingerprint density at radius 3 is 2.75 bits per heavy atom. The fourth-order valence-electron chi connectivity index (χ4n) is 2.26. The normalized spacial score (nSPS) is 41.5. The number of primary amides is 1. The summed E-state index contributed by atoms with van der Waals surface area (Å²) >= 11 is 0. The lowest BCUT2D eigenvalue weighted by Gasteiger charge is -2.47. The maximum Gasteiger partial charge on any atom is 0.325 e. The number of nitrogens with two attached hydrogens (primary N) is 1. The molecule has 6 N–H and O–H groups in total. The highest BCUT2D eigenvalue weighted by Crippen LogP contribution is 2.30. The zero-order valence-corrected chi connectivity index (χ0v) is 10.7. The van der Waals surface area contributed by atoms with Gasteiger partial charge in [-0.05, 0) is 6.42 Å². The van der Waals surface area contributed by atoms with Gasteiger partial charge in [-0.25, -0.2) is 0 Å². The molecule has 9 nitrogen and oxygen atoms in total. The number of amides is 1. The molecular weight excluding hydrogens is 272 g/mol. The molecule has 2 aliphatic rings. The van der Waals surface area contributed by atoms with E-state index in [0.717, 1.165) is 0 Å². The van der Waals surface area contributed by atoms with Crippen molar-refractivity contribution in [2.24, 2.45) is 5.73 Å². The average Bonchev–Trinajstić information content (AvgIpc) is 2.40. The van der Waals surface area contributed by atoms with Gasteiger partial charge in [0.15, 0.2) is 0 Å². The summed E-state index contributed by atoms with van der Waals surface area (Å²) in [4.78, 5) is 22.5. The molecule has 2 heterocycles. The van der Waals surface area contributed by atoms with Gasteiger partial charge in [-0.1, -0.05) is 0 Å². The molecule has 0 aliphatic carbocycles. The van der Waals surface area contributed by atoms with E-state index in [1.807, 2.05) is 0 Å². The zero-order chi connectivity index (χ0) is 14.9. The molecule has 2 fully saturated rings. The lowest BCUT2D eigenvalue weighted by molar-refractivity contribution is -0.330. The van der Waals surface area contributed by atoms with Crippen molar-refractivity contribution in [1.29, 1.82) is 0 Å². The molecule has 114 valence electrons. The van der Waals surface area contributed by atoms with Gasteiger partial charge in [0.05, 0.1) is 13.2 Å². The van der Waals surface area contributed by atoms with E-state index in [-0.39, 0.29) is 26.0 Å². The topological polar surface area (TPSA) is 151 Å². The summed E-state index contributed by atoms with van der Waals surface area (Å²) in [6.45, 7) is -0.327. The molecule has 1 spiro atoms. The van der Waals surface area contributed by atoms with Gasteiger partial charge in [-0.3, -0.25) is 14.9 Å². The molecule has 2 rings (SSSR count). The standard InChI is InChI=1S/C11H18N2O7/c12-7(15)2-1-5-10(18)20-11(4-13-5)9(17)8(16)6(14)3-19-11/h5-6,8-9,13-14,16-17H,1-4H2,(H2,12,15)/t5-,6+,8+,9-,11?/m0/s1. The Bertz CT molecular complexity index is 404. The van der Waals surface area contributed by atoms with Crippen molar-refractivity contribution in [3.8, 4) is 0 Å². The predicted octanol–water partition coefficient (Wildman–Crippen LogP) is -3.42. The molecule has 2 aliphatic heterocycles. The maximum atomic E-state index is 11.8. The van der Waals surface area contributed by atoms with E-state index in [4.69, 9.17) is 15.2 Å². The van der Waals surface area contributed by atoms with Crippen LogP contribution in [0.1, 0.15) is 12.8 Å². The first-order valence-corrected chi connectivity index (χ1v) is 6.28. The molecule has 0 aromatic rings. The molecule has 0 radical (unpaired) electrons.